The van der Waals surface area contributed by atoms with Crippen molar-refractivity contribution in [3.8, 4) is 5.75 Å². The van der Waals surface area contributed by atoms with Gasteiger partial charge in [-0.15, -0.1) is 0 Å². The maximum atomic E-state index is 10.6. The fourth-order valence-corrected chi connectivity index (χ4v) is 1.83. The van der Waals surface area contributed by atoms with Crippen LogP contribution in [-0.2, 0) is 4.79 Å². The highest BCUT2D eigenvalue weighted by atomic mass is 16.3. The molecule has 0 saturated heterocycles. The summed E-state index contributed by atoms with van der Waals surface area (Å²) in [6.07, 6.45) is 2.46. The predicted molar refractivity (Wildman–Crippen MR) is 61.0 cm³/mol. The Labute approximate surface area is 90.9 Å². The van der Waals surface area contributed by atoms with Gasteiger partial charge in [0.15, 0.2) is 0 Å². The normalized spacial score (nSPS) is 12.7. The first-order valence-electron chi connectivity index (χ1n) is 5.36. The lowest BCUT2D eigenvalue weighted by Crippen LogP contribution is -2.03. The molecule has 15 heavy (non-hydrogen) atoms. The van der Waals surface area contributed by atoms with Crippen molar-refractivity contribution in [2.75, 3.05) is 0 Å². The van der Waals surface area contributed by atoms with Gasteiger partial charge >= 0.3 is 0 Å². The molecule has 0 saturated carbocycles. The van der Waals surface area contributed by atoms with Crippen LogP contribution in [0.15, 0.2) is 24.3 Å². The molecule has 1 aromatic rings. The SMILES string of the molecule is CC(C)CC(CC=O)c1cccc(O)c1. The van der Waals surface area contributed by atoms with Crippen molar-refractivity contribution >= 4 is 6.29 Å². The van der Waals surface area contributed by atoms with Crippen molar-refractivity contribution in [3.63, 3.8) is 0 Å². The van der Waals surface area contributed by atoms with Crippen LogP contribution in [0.4, 0.5) is 0 Å². The third kappa shape index (κ3) is 3.74. The minimum atomic E-state index is 0.231. The zero-order valence-corrected chi connectivity index (χ0v) is 9.31. The van der Waals surface area contributed by atoms with Gasteiger partial charge in [0, 0.05) is 6.42 Å². The Balaban J connectivity index is 2.82. The van der Waals surface area contributed by atoms with E-state index < -0.39 is 0 Å². The first-order valence-corrected chi connectivity index (χ1v) is 5.36. The number of aldehydes is 1. The van der Waals surface area contributed by atoms with E-state index in [1.54, 1.807) is 12.1 Å². The van der Waals surface area contributed by atoms with Crippen LogP contribution in [-0.4, -0.2) is 11.4 Å². The number of benzene rings is 1. The van der Waals surface area contributed by atoms with Crippen LogP contribution in [0.5, 0.6) is 5.75 Å². The van der Waals surface area contributed by atoms with Crippen LogP contribution in [0.1, 0.15) is 38.2 Å². The molecule has 0 aliphatic rings. The maximum Gasteiger partial charge on any atom is 0.120 e. The van der Waals surface area contributed by atoms with E-state index in [9.17, 15) is 9.90 Å². The highest BCUT2D eigenvalue weighted by Gasteiger charge is 2.13. The Morgan fingerprint density at radius 2 is 2.13 bits per heavy atom. The van der Waals surface area contributed by atoms with E-state index in [0.29, 0.717) is 12.3 Å². The van der Waals surface area contributed by atoms with Gasteiger partial charge in [-0.1, -0.05) is 26.0 Å². The second-order valence-electron chi connectivity index (χ2n) is 4.32. The third-order valence-electron chi connectivity index (χ3n) is 2.48. The Morgan fingerprint density at radius 1 is 1.40 bits per heavy atom. The van der Waals surface area contributed by atoms with Crippen molar-refractivity contribution in [1.29, 1.82) is 0 Å². The van der Waals surface area contributed by atoms with Gasteiger partial charge < -0.3 is 9.90 Å². The van der Waals surface area contributed by atoms with Crippen molar-refractivity contribution in [2.45, 2.75) is 32.6 Å². The topological polar surface area (TPSA) is 37.3 Å². The molecule has 1 unspecified atom stereocenters. The molecule has 0 heterocycles. The number of rotatable bonds is 5. The van der Waals surface area contributed by atoms with Crippen LogP contribution >= 0.6 is 0 Å². The molecule has 0 fully saturated rings. The van der Waals surface area contributed by atoms with Crippen LogP contribution < -0.4 is 0 Å². The minimum Gasteiger partial charge on any atom is -0.508 e. The predicted octanol–water partition coefficient (Wildman–Crippen LogP) is 3.11. The number of hydrogen-bond donors (Lipinski definition) is 1. The molecule has 0 aromatic heterocycles. The van der Waals surface area contributed by atoms with E-state index in [0.717, 1.165) is 18.3 Å². The lowest BCUT2D eigenvalue weighted by Gasteiger charge is -2.17. The standard InChI is InChI=1S/C13H18O2/c1-10(2)8-12(6-7-14)11-4-3-5-13(15)9-11/h3-5,7,9-10,12,15H,6,8H2,1-2H3. The molecule has 0 aliphatic carbocycles. The van der Waals surface area contributed by atoms with Crippen molar-refractivity contribution in [2.24, 2.45) is 5.92 Å². The number of hydrogen-bond acceptors (Lipinski definition) is 2. The Bertz CT molecular complexity index is 318. The minimum absolute atomic E-state index is 0.231. The molecule has 0 bridgehead atoms. The van der Waals surface area contributed by atoms with Crippen LogP contribution in [0.25, 0.3) is 0 Å². The fourth-order valence-electron chi connectivity index (χ4n) is 1.83. The van der Waals surface area contributed by atoms with E-state index in [1.807, 2.05) is 12.1 Å². The molecule has 0 radical (unpaired) electrons. The second kappa shape index (κ2) is 5.54. The van der Waals surface area contributed by atoms with Crippen molar-refractivity contribution < 1.29 is 9.90 Å². The summed E-state index contributed by atoms with van der Waals surface area (Å²) in [5.41, 5.74) is 1.05. The number of phenols is 1. The number of phenolic OH excluding ortho intramolecular Hbond substituents is 1. The highest BCUT2D eigenvalue weighted by molar-refractivity contribution is 5.52. The monoisotopic (exact) mass is 206 g/mol. The number of carbonyl (C=O) groups is 1. The lowest BCUT2D eigenvalue weighted by molar-refractivity contribution is -0.108. The van der Waals surface area contributed by atoms with Gasteiger partial charge in [-0.3, -0.25) is 0 Å². The largest absolute Gasteiger partial charge is 0.508 e. The zero-order chi connectivity index (χ0) is 11.3. The molecular formula is C13H18O2. The van der Waals surface area contributed by atoms with Gasteiger partial charge in [-0.25, -0.2) is 0 Å². The quantitative estimate of drug-likeness (QED) is 0.751. The average molecular weight is 206 g/mol. The maximum absolute atomic E-state index is 10.6. The summed E-state index contributed by atoms with van der Waals surface area (Å²) in [4.78, 5) is 10.6. The third-order valence-corrected chi connectivity index (χ3v) is 2.48. The number of carbonyl (C=O) groups excluding carboxylic acids is 1. The van der Waals surface area contributed by atoms with Crippen molar-refractivity contribution in [1.82, 2.24) is 0 Å². The molecule has 1 rings (SSSR count). The van der Waals surface area contributed by atoms with E-state index in [-0.39, 0.29) is 11.7 Å². The molecule has 82 valence electrons. The van der Waals surface area contributed by atoms with E-state index in [1.165, 1.54) is 0 Å². The molecule has 1 atom stereocenters. The summed E-state index contributed by atoms with van der Waals surface area (Å²) < 4.78 is 0. The van der Waals surface area contributed by atoms with Gasteiger partial charge in [0.2, 0.25) is 0 Å². The summed E-state index contributed by atoms with van der Waals surface area (Å²) in [6.45, 7) is 4.28. The molecule has 2 heteroatoms. The summed E-state index contributed by atoms with van der Waals surface area (Å²) in [7, 11) is 0. The summed E-state index contributed by atoms with van der Waals surface area (Å²) >= 11 is 0. The molecular weight excluding hydrogens is 188 g/mol. The summed E-state index contributed by atoms with van der Waals surface area (Å²) in [5, 5.41) is 9.38. The Morgan fingerprint density at radius 3 is 2.67 bits per heavy atom. The van der Waals surface area contributed by atoms with Crippen molar-refractivity contribution in [3.05, 3.63) is 29.8 Å². The van der Waals surface area contributed by atoms with E-state index in [4.69, 9.17) is 0 Å². The fraction of sp³-hybridized carbons (Fsp3) is 0.462. The van der Waals surface area contributed by atoms with Crippen LogP contribution in [0.3, 0.4) is 0 Å². The Hall–Kier alpha value is -1.31. The van der Waals surface area contributed by atoms with Crippen LogP contribution in [0, 0.1) is 5.92 Å². The smallest absolute Gasteiger partial charge is 0.120 e. The van der Waals surface area contributed by atoms with E-state index >= 15 is 0 Å². The first-order chi connectivity index (χ1) is 7.13. The van der Waals surface area contributed by atoms with Crippen LogP contribution in [0.2, 0.25) is 0 Å². The average Bonchev–Trinajstić information content (AvgIpc) is 2.16. The zero-order valence-electron chi connectivity index (χ0n) is 9.31. The van der Waals surface area contributed by atoms with Gasteiger partial charge in [-0.2, -0.15) is 0 Å². The molecule has 1 N–H and O–H groups in total. The van der Waals surface area contributed by atoms with Gasteiger partial charge in [0.05, 0.1) is 0 Å². The van der Waals surface area contributed by atoms with Gasteiger partial charge in [-0.05, 0) is 36.0 Å². The Kier molecular flexibility index (Phi) is 4.35. The summed E-state index contributed by atoms with van der Waals surface area (Å²) in [5.74, 6) is 1.05. The van der Waals surface area contributed by atoms with Gasteiger partial charge in [0.1, 0.15) is 12.0 Å². The highest BCUT2D eigenvalue weighted by Crippen LogP contribution is 2.28. The molecule has 2 nitrogen and oxygen atoms in total. The first kappa shape index (κ1) is 11.8. The van der Waals surface area contributed by atoms with Gasteiger partial charge in [0.25, 0.3) is 0 Å². The summed E-state index contributed by atoms with van der Waals surface area (Å²) in [6, 6.07) is 7.19. The molecule has 0 aliphatic heterocycles. The molecule has 1 aromatic carbocycles. The second-order valence-corrected chi connectivity index (χ2v) is 4.32. The number of aromatic hydroxyl groups is 1. The van der Waals surface area contributed by atoms with E-state index in [2.05, 4.69) is 13.8 Å². The lowest BCUT2D eigenvalue weighted by atomic mass is 9.88. The molecule has 0 spiro atoms. The molecule has 0 amide bonds.